The summed E-state index contributed by atoms with van der Waals surface area (Å²) in [7, 11) is 0. The Labute approximate surface area is 109 Å². The fourth-order valence-corrected chi connectivity index (χ4v) is 2.28. The van der Waals surface area contributed by atoms with Crippen molar-refractivity contribution >= 4 is 23.1 Å². The summed E-state index contributed by atoms with van der Waals surface area (Å²) in [6.45, 7) is 5.87. The van der Waals surface area contributed by atoms with Crippen LogP contribution in [0.25, 0.3) is 5.65 Å². The molecule has 0 fully saturated rings. The summed E-state index contributed by atoms with van der Waals surface area (Å²) < 4.78 is 1.43. The molecule has 7 heteroatoms. The molecule has 0 radical (unpaired) electrons. The van der Waals surface area contributed by atoms with Gasteiger partial charge in [-0.3, -0.25) is 0 Å². The maximum atomic E-state index is 11.5. The first-order chi connectivity index (χ1) is 8.43. The van der Waals surface area contributed by atoms with Crippen molar-refractivity contribution in [3.63, 3.8) is 0 Å². The van der Waals surface area contributed by atoms with Crippen molar-refractivity contribution in [2.45, 2.75) is 32.7 Å². The SMILES string of the molecule is Cc1nc(NC(C)(C)CCCl)cc2n[nH]c(=O)n12. The highest BCUT2D eigenvalue weighted by Crippen LogP contribution is 2.18. The van der Waals surface area contributed by atoms with E-state index in [1.807, 2.05) is 13.8 Å². The topological polar surface area (TPSA) is 75.1 Å². The summed E-state index contributed by atoms with van der Waals surface area (Å²) in [5, 5.41) is 9.63. The van der Waals surface area contributed by atoms with E-state index >= 15 is 0 Å². The Morgan fingerprint density at radius 2 is 2.28 bits per heavy atom. The highest BCUT2D eigenvalue weighted by molar-refractivity contribution is 6.17. The van der Waals surface area contributed by atoms with Gasteiger partial charge in [0.1, 0.15) is 11.6 Å². The Morgan fingerprint density at radius 1 is 1.56 bits per heavy atom. The zero-order valence-corrected chi connectivity index (χ0v) is 11.4. The van der Waals surface area contributed by atoms with Gasteiger partial charge in [-0.05, 0) is 27.2 Å². The Balaban J connectivity index is 2.38. The van der Waals surface area contributed by atoms with E-state index in [2.05, 4.69) is 20.5 Å². The number of aryl methyl sites for hydroxylation is 1. The molecule has 0 unspecified atom stereocenters. The number of aromatic amines is 1. The third-order valence-electron chi connectivity index (χ3n) is 2.76. The lowest BCUT2D eigenvalue weighted by Crippen LogP contribution is -2.32. The molecule has 0 aliphatic heterocycles. The number of nitrogens with zero attached hydrogens (tertiary/aromatic N) is 3. The molecule has 0 aliphatic rings. The van der Waals surface area contributed by atoms with Gasteiger partial charge in [0, 0.05) is 17.5 Å². The largest absolute Gasteiger partial charge is 0.365 e. The number of alkyl halides is 1. The Hall–Kier alpha value is -1.56. The predicted octanol–water partition coefficient (Wildman–Crippen LogP) is 1.55. The van der Waals surface area contributed by atoms with Crippen molar-refractivity contribution in [3.8, 4) is 0 Å². The number of aromatic nitrogens is 4. The van der Waals surface area contributed by atoms with Crippen LogP contribution in [-0.4, -0.2) is 31.0 Å². The lowest BCUT2D eigenvalue weighted by atomic mass is 10.0. The summed E-state index contributed by atoms with van der Waals surface area (Å²) in [5.74, 6) is 1.85. The van der Waals surface area contributed by atoms with E-state index in [4.69, 9.17) is 11.6 Å². The molecule has 0 saturated carbocycles. The van der Waals surface area contributed by atoms with Crippen LogP contribution >= 0.6 is 11.6 Å². The normalized spacial score (nSPS) is 12.0. The lowest BCUT2D eigenvalue weighted by Gasteiger charge is -2.26. The van der Waals surface area contributed by atoms with E-state index in [-0.39, 0.29) is 11.2 Å². The second-order valence-corrected chi connectivity index (χ2v) is 5.24. The summed E-state index contributed by atoms with van der Waals surface area (Å²) in [6.07, 6.45) is 0.813. The molecular weight excluding hydrogens is 254 g/mol. The molecule has 0 saturated heterocycles. The fourth-order valence-electron chi connectivity index (χ4n) is 1.81. The van der Waals surface area contributed by atoms with Gasteiger partial charge in [-0.2, -0.15) is 5.10 Å². The Morgan fingerprint density at radius 3 is 2.94 bits per heavy atom. The van der Waals surface area contributed by atoms with Crippen LogP contribution in [0.3, 0.4) is 0 Å². The summed E-state index contributed by atoms with van der Waals surface area (Å²) >= 11 is 5.76. The second-order valence-electron chi connectivity index (χ2n) is 4.86. The molecule has 2 N–H and O–H groups in total. The molecule has 98 valence electrons. The number of hydrogen-bond donors (Lipinski definition) is 2. The summed E-state index contributed by atoms with van der Waals surface area (Å²) in [6, 6.07) is 1.74. The third-order valence-corrected chi connectivity index (χ3v) is 2.94. The van der Waals surface area contributed by atoms with Crippen molar-refractivity contribution in [2.24, 2.45) is 0 Å². The maximum absolute atomic E-state index is 11.5. The van der Waals surface area contributed by atoms with Gasteiger partial charge in [0.15, 0.2) is 5.65 Å². The molecule has 0 bridgehead atoms. The van der Waals surface area contributed by atoms with E-state index in [9.17, 15) is 4.79 Å². The van der Waals surface area contributed by atoms with E-state index in [1.165, 1.54) is 4.40 Å². The van der Waals surface area contributed by atoms with Crippen LogP contribution < -0.4 is 11.0 Å². The van der Waals surface area contributed by atoms with Crippen LogP contribution in [0.2, 0.25) is 0 Å². The molecule has 18 heavy (non-hydrogen) atoms. The van der Waals surface area contributed by atoms with Gasteiger partial charge >= 0.3 is 5.69 Å². The van der Waals surface area contributed by atoms with Crippen molar-refractivity contribution in [3.05, 3.63) is 22.4 Å². The Bertz CT molecular complexity index is 615. The number of anilines is 1. The first-order valence-electron chi connectivity index (χ1n) is 5.72. The maximum Gasteiger partial charge on any atom is 0.349 e. The first-order valence-corrected chi connectivity index (χ1v) is 6.25. The quantitative estimate of drug-likeness (QED) is 0.826. The minimum Gasteiger partial charge on any atom is -0.365 e. The van der Waals surface area contributed by atoms with Gasteiger partial charge in [-0.1, -0.05) is 0 Å². The van der Waals surface area contributed by atoms with Gasteiger partial charge < -0.3 is 5.32 Å². The van der Waals surface area contributed by atoms with Gasteiger partial charge in [-0.15, -0.1) is 11.6 Å². The molecule has 0 atom stereocenters. The molecule has 2 aromatic rings. The number of hydrogen-bond acceptors (Lipinski definition) is 4. The van der Waals surface area contributed by atoms with E-state index in [0.29, 0.717) is 23.2 Å². The molecule has 0 spiro atoms. The van der Waals surface area contributed by atoms with Crippen molar-refractivity contribution in [2.75, 3.05) is 11.2 Å². The highest BCUT2D eigenvalue weighted by Gasteiger charge is 2.18. The second kappa shape index (κ2) is 4.61. The average Bonchev–Trinajstić information content (AvgIpc) is 2.59. The first kappa shape index (κ1) is 12.9. The van der Waals surface area contributed by atoms with Crippen LogP contribution in [0.5, 0.6) is 0 Å². The van der Waals surface area contributed by atoms with E-state index in [0.717, 1.165) is 6.42 Å². The van der Waals surface area contributed by atoms with Gasteiger partial charge in [-0.25, -0.2) is 19.3 Å². The summed E-state index contributed by atoms with van der Waals surface area (Å²) in [5.41, 5.74) is 0.120. The smallest absolute Gasteiger partial charge is 0.349 e. The van der Waals surface area contributed by atoms with Crippen LogP contribution in [0.4, 0.5) is 5.82 Å². The van der Waals surface area contributed by atoms with E-state index in [1.54, 1.807) is 13.0 Å². The molecule has 0 amide bonds. The lowest BCUT2D eigenvalue weighted by molar-refractivity contribution is 0.547. The van der Waals surface area contributed by atoms with Crippen molar-refractivity contribution in [1.29, 1.82) is 0 Å². The number of rotatable bonds is 4. The fraction of sp³-hybridized carbons (Fsp3) is 0.545. The minimum absolute atomic E-state index is 0.157. The molecule has 2 aromatic heterocycles. The molecule has 0 aromatic carbocycles. The predicted molar refractivity (Wildman–Crippen MR) is 71.4 cm³/mol. The molecule has 2 heterocycles. The van der Waals surface area contributed by atoms with Crippen LogP contribution in [0.1, 0.15) is 26.1 Å². The van der Waals surface area contributed by atoms with Crippen molar-refractivity contribution < 1.29 is 0 Å². The number of halogens is 1. The monoisotopic (exact) mass is 269 g/mol. The van der Waals surface area contributed by atoms with Gasteiger partial charge in [0.05, 0.1) is 0 Å². The molecular formula is C11H16ClN5O. The van der Waals surface area contributed by atoms with Crippen LogP contribution in [0, 0.1) is 6.92 Å². The number of fused-ring (bicyclic) bond motifs is 1. The average molecular weight is 270 g/mol. The van der Waals surface area contributed by atoms with Gasteiger partial charge in [0.25, 0.3) is 0 Å². The zero-order valence-electron chi connectivity index (χ0n) is 10.6. The van der Waals surface area contributed by atoms with E-state index < -0.39 is 0 Å². The Kier molecular flexibility index (Phi) is 3.30. The van der Waals surface area contributed by atoms with Crippen LogP contribution in [-0.2, 0) is 0 Å². The number of nitrogens with one attached hydrogen (secondary N) is 2. The molecule has 6 nitrogen and oxygen atoms in total. The molecule has 0 aliphatic carbocycles. The highest BCUT2D eigenvalue weighted by atomic mass is 35.5. The van der Waals surface area contributed by atoms with Crippen LogP contribution in [0.15, 0.2) is 10.9 Å². The zero-order chi connectivity index (χ0) is 13.3. The third kappa shape index (κ3) is 2.48. The van der Waals surface area contributed by atoms with Crippen molar-refractivity contribution in [1.82, 2.24) is 19.6 Å². The minimum atomic E-state index is -0.276. The molecule has 2 rings (SSSR count). The summed E-state index contributed by atoms with van der Waals surface area (Å²) in [4.78, 5) is 15.8. The number of H-pyrrole nitrogens is 1. The standard InChI is InChI=1S/C11H16ClN5O/c1-7-13-8(14-11(2,3)4-5-12)6-9-15-16-10(18)17(7)9/h6,14H,4-5H2,1-3H3,(H,16,18). The van der Waals surface area contributed by atoms with Gasteiger partial charge in [0.2, 0.25) is 0 Å².